The molecule has 0 spiro atoms. The van der Waals surface area contributed by atoms with E-state index in [2.05, 4.69) is 45.6 Å². The summed E-state index contributed by atoms with van der Waals surface area (Å²) in [6.45, 7) is 6.40. The van der Waals surface area contributed by atoms with Crippen LogP contribution >= 0.6 is 0 Å². The summed E-state index contributed by atoms with van der Waals surface area (Å²) in [5.41, 5.74) is 0.988. The maximum atomic E-state index is 5.73. The average molecular weight is 392 g/mol. The number of hydrogen-bond acceptors (Lipinski definition) is 4. The van der Waals surface area contributed by atoms with Crippen LogP contribution in [0.2, 0.25) is 0 Å². The van der Waals surface area contributed by atoms with Crippen molar-refractivity contribution in [2.75, 3.05) is 26.2 Å². The van der Waals surface area contributed by atoms with Crippen LogP contribution in [0.4, 0.5) is 0 Å². The van der Waals surface area contributed by atoms with Crippen LogP contribution < -0.4 is 10.6 Å². The number of nitrogens with zero attached hydrogens (tertiary/aromatic N) is 3. The van der Waals surface area contributed by atoms with E-state index in [-0.39, 0.29) is 6.04 Å². The molecule has 6 nitrogen and oxygen atoms in total. The number of rotatable bonds is 7. The highest BCUT2D eigenvalue weighted by Crippen LogP contribution is 2.25. The van der Waals surface area contributed by atoms with Gasteiger partial charge in [-0.1, -0.05) is 24.3 Å². The molecule has 3 heterocycles. The smallest absolute Gasteiger partial charge is 0.191 e. The second-order valence-corrected chi connectivity index (χ2v) is 7.33. The molecule has 0 saturated carbocycles. The summed E-state index contributed by atoms with van der Waals surface area (Å²) in [5, 5.41) is 9.21. The van der Waals surface area contributed by atoms with Crippen molar-refractivity contribution in [2.24, 2.45) is 4.99 Å². The van der Waals surface area contributed by atoms with Gasteiger partial charge in [-0.05, 0) is 56.4 Å². The minimum Gasteiger partial charge on any atom is -0.468 e. The lowest BCUT2D eigenvalue weighted by Crippen LogP contribution is -2.42. The minimum absolute atomic E-state index is 0.215. The van der Waals surface area contributed by atoms with Gasteiger partial charge in [0.25, 0.3) is 0 Å². The fourth-order valence-corrected chi connectivity index (χ4v) is 3.94. The third-order valence-electron chi connectivity index (χ3n) is 5.40. The van der Waals surface area contributed by atoms with E-state index in [1.165, 1.54) is 18.2 Å². The lowest BCUT2D eigenvalue weighted by atomic mass is 10.1. The summed E-state index contributed by atoms with van der Waals surface area (Å²) in [7, 11) is 0. The van der Waals surface area contributed by atoms with Crippen LogP contribution in [0, 0.1) is 0 Å². The third kappa shape index (κ3) is 4.77. The highest BCUT2D eigenvalue weighted by Gasteiger charge is 2.25. The first-order valence-electron chi connectivity index (χ1n) is 10.5. The van der Waals surface area contributed by atoms with Gasteiger partial charge in [0.05, 0.1) is 24.5 Å². The Morgan fingerprint density at radius 3 is 2.79 bits per heavy atom. The summed E-state index contributed by atoms with van der Waals surface area (Å²) in [6, 6.07) is 14.6. The third-order valence-corrected chi connectivity index (χ3v) is 5.40. The van der Waals surface area contributed by atoms with Gasteiger partial charge in [-0.3, -0.25) is 9.88 Å². The first-order valence-corrected chi connectivity index (χ1v) is 10.5. The SMILES string of the molecule is CCNC(=NCc1nccc2ccccc12)NCC(c1ccco1)N1CCCC1. The van der Waals surface area contributed by atoms with Crippen molar-refractivity contribution in [3.8, 4) is 0 Å². The zero-order valence-corrected chi connectivity index (χ0v) is 17.0. The molecule has 1 aromatic carbocycles. The van der Waals surface area contributed by atoms with E-state index in [1.54, 1.807) is 6.26 Å². The molecule has 152 valence electrons. The zero-order valence-electron chi connectivity index (χ0n) is 17.0. The Labute approximate surface area is 172 Å². The number of fused-ring (bicyclic) bond motifs is 1. The number of guanidine groups is 1. The van der Waals surface area contributed by atoms with E-state index in [1.807, 2.05) is 30.5 Å². The molecule has 2 aromatic heterocycles. The molecule has 1 unspecified atom stereocenters. The molecule has 0 bridgehead atoms. The van der Waals surface area contributed by atoms with Gasteiger partial charge in [0.1, 0.15) is 5.76 Å². The van der Waals surface area contributed by atoms with Gasteiger partial charge in [-0.2, -0.15) is 0 Å². The number of aromatic nitrogens is 1. The molecular formula is C23H29N5O. The molecule has 0 amide bonds. The van der Waals surface area contributed by atoms with Crippen molar-refractivity contribution in [1.29, 1.82) is 0 Å². The minimum atomic E-state index is 0.215. The van der Waals surface area contributed by atoms with E-state index in [0.717, 1.165) is 49.0 Å². The van der Waals surface area contributed by atoms with Crippen LogP contribution in [0.3, 0.4) is 0 Å². The largest absolute Gasteiger partial charge is 0.468 e. The standard InChI is InChI=1S/C23H29N5O/c1-2-24-23(26-16-20-19-9-4-3-8-18(19)11-12-25-20)27-17-21(22-10-7-15-29-22)28-13-5-6-14-28/h3-4,7-12,15,21H,2,5-6,13-14,16-17H2,1H3,(H2,24,26,27). The second kappa shape index (κ2) is 9.56. The highest BCUT2D eigenvalue weighted by atomic mass is 16.3. The van der Waals surface area contributed by atoms with Gasteiger partial charge < -0.3 is 15.1 Å². The van der Waals surface area contributed by atoms with E-state index in [0.29, 0.717) is 6.54 Å². The van der Waals surface area contributed by atoms with Crippen LogP contribution in [-0.4, -0.2) is 42.0 Å². The quantitative estimate of drug-likeness (QED) is 0.475. The number of aliphatic imine (C=N–C) groups is 1. The number of likely N-dealkylation sites (tertiary alicyclic amines) is 1. The Morgan fingerprint density at radius 2 is 2.00 bits per heavy atom. The second-order valence-electron chi connectivity index (χ2n) is 7.33. The first kappa shape index (κ1) is 19.5. The van der Waals surface area contributed by atoms with Gasteiger partial charge in [-0.15, -0.1) is 0 Å². The number of nitrogens with one attached hydrogen (secondary N) is 2. The molecule has 1 saturated heterocycles. The summed E-state index contributed by atoms with van der Waals surface area (Å²) >= 11 is 0. The van der Waals surface area contributed by atoms with Crippen molar-refractivity contribution in [3.63, 3.8) is 0 Å². The lowest BCUT2D eigenvalue weighted by molar-refractivity contribution is 0.215. The highest BCUT2D eigenvalue weighted by molar-refractivity contribution is 5.85. The van der Waals surface area contributed by atoms with Crippen LogP contribution in [0.5, 0.6) is 0 Å². The molecule has 29 heavy (non-hydrogen) atoms. The van der Waals surface area contributed by atoms with Gasteiger partial charge in [0, 0.05) is 24.7 Å². The van der Waals surface area contributed by atoms with Crippen LogP contribution in [-0.2, 0) is 6.54 Å². The maximum absolute atomic E-state index is 5.73. The monoisotopic (exact) mass is 391 g/mol. The van der Waals surface area contributed by atoms with E-state index >= 15 is 0 Å². The van der Waals surface area contributed by atoms with Gasteiger partial charge >= 0.3 is 0 Å². The topological polar surface area (TPSA) is 65.7 Å². The Morgan fingerprint density at radius 1 is 1.14 bits per heavy atom. The summed E-state index contributed by atoms with van der Waals surface area (Å²) in [5.74, 6) is 1.81. The molecule has 1 fully saturated rings. The Kier molecular flexibility index (Phi) is 6.42. The van der Waals surface area contributed by atoms with Crippen molar-refractivity contribution in [3.05, 3.63) is 66.4 Å². The molecule has 3 aromatic rings. The van der Waals surface area contributed by atoms with Crippen LogP contribution in [0.25, 0.3) is 10.8 Å². The van der Waals surface area contributed by atoms with Crippen LogP contribution in [0.1, 0.15) is 37.3 Å². The molecule has 2 N–H and O–H groups in total. The fourth-order valence-electron chi connectivity index (χ4n) is 3.94. The zero-order chi connectivity index (χ0) is 19.9. The summed E-state index contributed by atoms with van der Waals surface area (Å²) in [6.07, 6.45) is 6.11. The summed E-state index contributed by atoms with van der Waals surface area (Å²) in [4.78, 5) is 11.8. The van der Waals surface area contributed by atoms with Gasteiger partial charge in [-0.25, -0.2) is 4.99 Å². The van der Waals surface area contributed by atoms with Gasteiger partial charge in [0.2, 0.25) is 0 Å². The average Bonchev–Trinajstić information content (AvgIpc) is 3.47. The summed E-state index contributed by atoms with van der Waals surface area (Å²) < 4.78 is 5.73. The number of pyridine rings is 1. The Balaban J connectivity index is 1.48. The number of benzene rings is 1. The van der Waals surface area contributed by atoms with Crippen LogP contribution in [0.15, 0.2) is 64.3 Å². The van der Waals surface area contributed by atoms with E-state index < -0.39 is 0 Å². The molecule has 0 aliphatic carbocycles. The molecule has 0 radical (unpaired) electrons. The van der Waals surface area contributed by atoms with Crippen molar-refractivity contribution >= 4 is 16.7 Å². The molecule has 1 aliphatic rings. The Bertz CT molecular complexity index is 926. The van der Waals surface area contributed by atoms with Crippen molar-refractivity contribution in [2.45, 2.75) is 32.4 Å². The molecule has 1 atom stereocenters. The Hall–Kier alpha value is -2.86. The van der Waals surface area contributed by atoms with E-state index in [4.69, 9.17) is 9.41 Å². The normalized spacial score (nSPS) is 16.2. The predicted octanol–water partition coefficient (Wildman–Crippen LogP) is 3.72. The van der Waals surface area contributed by atoms with Crippen molar-refractivity contribution < 1.29 is 4.42 Å². The number of furan rings is 1. The molecule has 6 heteroatoms. The van der Waals surface area contributed by atoms with E-state index in [9.17, 15) is 0 Å². The molecular weight excluding hydrogens is 362 g/mol. The van der Waals surface area contributed by atoms with Crippen molar-refractivity contribution in [1.82, 2.24) is 20.5 Å². The van der Waals surface area contributed by atoms with Gasteiger partial charge in [0.15, 0.2) is 5.96 Å². The predicted molar refractivity (Wildman–Crippen MR) is 117 cm³/mol. The number of hydrogen-bond donors (Lipinski definition) is 2. The fraction of sp³-hybridized carbons (Fsp3) is 0.391. The molecule has 4 rings (SSSR count). The molecule has 1 aliphatic heterocycles. The first-order chi connectivity index (χ1) is 14.3. The maximum Gasteiger partial charge on any atom is 0.191 e. The lowest BCUT2D eigenvalue weighted by Gasteiger charge is -2.26.